The van der Waals surface area contributed by atoms with Crippen molar-refractivity contribution in [3.8, 4) is 11.5 Å². The second-order valence-corrected chi connectivity index (χ2v) is 9.05. The largest absolute Gasteiger partial charge is 0.508 e. The summed E-state index contributed by atoms with van der Waals surface area (Å²) in [5, 5.41) is 21.5. The van der Waals surface area contributed by atoms with E-state index >= 15 is 0 Å². The molecule has 4 rings (SSSR count). The molecule has 1 unspecified atom stereocenters. The summed E-state index contributed by atoms with van der Waals surface area (Å²) < 4.78 is 10.6. The fraction of sp³-hybridized carbons (Fsp3) is 0.179. The van der Waals surface area contributed by atoms with Gasteiger partial charge in [-0.2, -0.15) is 0 Å². The summed E-state index contributed by atoms with van der Waals surface area (Å²) >= 11 is 6.14. The summed E-state index contributed by atoms with van der Waals surface area (Å²) in [6, 6.07) is 15.5. The quantitative estimate of drug-likeness (QED) is 0.197. The van der Waals surface area contributed by atoms with E-state index < -0.39 is 29.5 Å². The lowest BCUT2D eigenvalue weighted by atomic mass is 9.94. The number of carbonyl (C=O) groups is 3. The van der Waals surface area contributed by atoms with Crippen LogP contribution in [-0.4, -0.2) is 41.1 Å². The van der Waals surface area contributed by atoms with Crippen LogP contribution in [0.2, 0.25) is 5.02 Å². The number of benzene rings is 3. The van der Waals surface area contributed by atoms with Gasteiger partial charge in [0, 0.05) is 10.7 Å². The summed E-state index contributed by atoms with van der Waals surface area (Å²) in [5.41, 5.74) is 0.803. The van der Waals surface area contributed by atoms with Crippen molar-refractivity contribution >= 4 is 40.7 Å². The first-order valence-corrected chi connectivity index (χ1v) is 11.7. The van der Waals surface area contributed by atoms with Crippen LogP contribution in [0.15, 0.2) is 72.3 Å². The molecule has 1 saturated heterocycles. The maximum absolute atomic E-state index is 13.4. The molecule has 3 aromatic rings. The van der Waals surface area contributed by atoms with Crippen molar-refractivity contribution in [2.75, 3.05) is 12.0 Å². The fourth-order valence-electron chi connectivity index (χ4n) is 4.15. The molecule has 1 aliphatic heterocycles. The van der Waals surface area contributed by atoms with Gasteiger partial charge in [-0.15, -0.1) is 0 Å². The van der Waals surface area contributed by atoms with Gasteiger partial charge in [-0.05, 0) is 67.9 Å². The van der Waals surface area contributed by atoms with Gasteiger partial charge in [-0.25, -0.2) is 4.79 Å². The number of amides is 1. The molecule has 0 saturated carbocycles. The molecule has 1 amide bonds. The number of phenols is 1. The maximum atomic E-state index is 13.4. The first-order chi connectivity index (χ1) is 17.6. The zero-order chi connectivity index (χ0) is 26.9. The van der Waals surface area contributed by atoms with Crippen LogP contribution in [0.3, 0.4) is 0 Å². The number of ether oxygens (including phenoxy) is 2. The molecule has 190 valence electrons. The number of phenolic OH excluding ortho intramolecular Hbond substituents is 1. The number of nitrogens with zero attached hydrogens (tertiary/aromatic N) is 1. The number of ketones is 1. The second kappa shape index (κ2) is 10.4. The highest BCUT2D eigenvalue weighted by atomic mass is 35.5. The van der Waals surface area contributed by atoms with Crippen LogP contribution in [0, 0.1) is 0 Å². The smallest absolute Gasteiger partial charge is 0.338 e. The Morgan fingerprint density at radius 3 is 2.38 bits per heavy atom. The lowest BCUT2D eigenvalue weighted by Crippen LogP contribution is -2.29. The first kappa shape index (κ1) is 25.8. The monoisotopic (exact) mass is 521 g/mol. The summed E-state index contributed by atoms with van der Waals surface area (Å²) in [7, 11) is 1.40. The number of esters is 1. The van der Waals surface area contributed by atoms with E-state index in [1.54, 1.807) is 32.0 Å². The number of aliphatic hydroxyl groups is 1. The van der Waals surface area contributed by atoms with Gasteiger partial charge in [-0.1, -0.05) is 29.8 Å². The van der Waals surface area contributed by atoms with Crippen molar-refractivity contribution in [3.05, 3.63) is 94.0 Å². The number of rotatable bonds is 6. The third-order valence-corrected chi connectivity index (χ3v) is 6.01. The van der Waals surface area contributed by atoms with E-state index in [1.165, 1.54) is 60.5 Å². The van der Waals surface area contributed by atoms with E-state index in [0.29, 0.717) is 5.56 Å². The molecular weight excluding hydrogens is 498 g/mol. The minimum absolute atomic E-state index is 0.0179. The van der Waals surface area contributed by atoms with E-state index in [9.17, 15) is 24.6 Å². The summed E-state index contributed by atoms with van der Waals surface area (Å²) in [6.45, 7) is 3.43. The molecule has 9 heteroatoms. The molecule has 1 fully saturated rings. The van der Waals surface area contributed by atoms with Gasteiger partial charge in [0.25, 0.3) is 11.7 Å². The molecule has 1 atom stereocenters. The second-order valence-electron chi connectivity index (χ2n) is 8.61. The van der Waals surface area contributed by atoms with Crippen LogP contribution in [-0.2, 0) is 14.3 Å². The Balaban J connectivity index is 1.93. The van der Waals surface area contributed by atoms with Gasteiger partial charge in [0.1, 0.15) is 17.3 Å². The number of halogens is 1. The van der Waals surface area contributed by atoms with E-state index in [1.807, 2.05) is 0 Å². The van der Waals surface area contributed by atoms with Crippen LogP contribution in [0.1, 0.15) is 41.4 Å². The molecular formula is C28H24ClNO7. The first-order valence-electron chi connectivity index (χ1n) is 11.4. The maximum Gasteiger partial charge on any atom is 0.338 e. The Bertz CT molecular complexity index is 1410. The van der Waals surface area contributed by atoms with E-state index in [-0.39, 0.29) is 45.0 Å². The van der Waals surface area contributed by atoms with E-state index in [0.717, 1.165) is 0 Å². The van der Waals surface area contributed by atoms with E-state index in [2.05, 4.69) is 0 Å². The Morgan fingerprint density at radius 2 is 1.73 bits per heavy atom. The minimum Gasteiger partial charge on any atom is -0.508 e. The standard InChI is InChI=1S/C28H24ClNO7/c1-15(2)37-28(35)17-5-4-6-19(13-17)30-24(16-7-10-20(31)11-8-16)23(26(33)27(30)34)25(32)21-14-18(29)9-12-22(21)36-3/h4-15,24,31-32H,1-3H3/b25-23+. The average Bonchev–Trinajstić information content (AvgIpc) is 3.14. The SMILES string of the molecule is COc1ccc(Cl)cc1/C(O)=C1\C(=O)C(=O)N(c2cccc(C(=O)OC(C)C)c2)C1c1ccc(O)cc1. The lowest BCUT2D eigenvalue weighted by Gasteiger charge is -2.26. The Morgan fingerprint density at radius 1 is 1.03 bits per heavy atom. The number of carbonyl (C=O) groups excluding carboxylic acids is 3. The minimum atomic E-state index is -1.08. The van der Waals surface area contributed by atoms with Crippen LogP contribution >= 0.6 is 11.6 Å². The molecule has 0 radical (unpaired) electrons. The Kier molecular flexibility index (Phi) is 7.22. The highest BCUT2D eigenvalue weighted by molar-refractivity contribution is 6.51. The summed E-state index contributed by atoms with van der Waals surface area (Å²) in [6.07, 6.45) is -0.352. The van der Waals surface area contributed by atoms with Gasteiger partial charge >= 0.3 is 5.97 Å². The van der Waals surface area contributed by atoms with Crippen LogP contribution in [0.4, 0.5) is 5.69 Å². The van der Waals surface area contributed by atoms with Gasteiger partial charge < -0.3 is 19.7 Å². The van der Waals surface area contributed by atoms with Crippen LogP contribution < -0.4 is 9.64 Å². The van der Waals surface area contributed by atoms with Crippen molar-refractivity contribution in [2.24, 2.45) is 0 Å². The molecule has 1 heterocycles. The van der Waals surface area contributed by atoms with Gasteiger partial charge in [-0.3, -0.25) is 14.5 Å². The lowest BCUT2D eigenvalue weighted by molar-refractivity contribution is -0.132. The zero-order valence-corrected chi connectivity index (χ0v) is 21.0. The number of hydrogen-bond donors (Lipinski definition) is 2. The van der Waals surface area contributed by atoms with E-state index in [4.69, 9.17) is 21.1 Å². The zero-order valence-electron chi connectivity index (χ0n) is 20.3. The van der Waals surface area contributed by atoms with Gasteiger partial charge in [0.2, 0.25) is 0 Å². The van der Waals surface area contributed by atoms with Gasteiger partial charge in [0.05, 0.1) is 36.0 Å². The van der Waals surface area contributed by atoms with Crippen molar-refractivity contribution in [3.63, 3.8) is 0 Å². The van der Waals surface area contributed by atoms with Crippen LogP contribution in [0.5, 0.6) is 11.5 Å². The average molecular weight is 522 g/mol. The molecule has 8 nitrogen and oxygen atoms in total. The highest BCUT2D eigenvalue weighted by Crippen LogP contribution is 2.44. The number of anilines is 1. The fourth-order valence-corrected chi connectivity index (χ4v) is 4.32. The topological polar surface area (TPSA) is 113 Å². The molecule has 0 aromatic heterocycles. The molecule has 0 bridgehead atoms. The number of Topliss-reactive ketones (excluding diaryl/α,β-unsaturated/α-hetero) is 1. The summed E-state index contributed by atoms with van der Waals surface area (Å²) in [5.74, 6) is -2.68. The molecule has 2 N–H and O–H groups in total. The van der Waals surface area contributed by atoms with Crippen LogP contribution in [0.25, 0.3) is 5.76 Å². The number of aliphatic hydroxyl groups excluding tert-OH is 1. The predicted octanol–water partition coefficient (Wildman–Crippen LogP) is 5.25. The third-order valence-electron chi connectivity index (χ3n) is 5.77. The normalized spacial score (nSPS) is 16.8. The van der Waals surface area contributed by atoms with Crippen molar-refractivity contribution < 1.29 is 34.1 Å². The molecule has 37 heavy (non-hydrogen) atoms. The van der Waals surface area contributed by atoms with Crippen molar-refractivity contribution in [1.82, 2.24) is 0 Å². The van der Waals surface area contributed by atoms with Crippen molar-refractivity contribution in [1.29, 1.82) is 0 Å². The highest BCUT2D eigenvalue weighted by Gasteiger charge is 2.47. The molecule has 0 aliphatic carbocycles. The number of aromatic hydroxyl groups is 1. The number of methoxy groups -OCH3 is 1. The Hall–Kier alpha value is -4.30. The molecule has 0 spiro atoms. The predicted molar refractivity (Wildman–Crippen MR) is 138 cm³/mol. The Labute approximate surface area is 218 Å². The molecule has 3 aromatic carbocycles. The van der Waals surface area contributed by atoms with Gasteiger partial charge in [0.15, 0.2) is 0 Å². The third kappa shape index (κ3) is 5.01. The number of hydrogen-bond acceptors (Lipinski definition) is 7. The summed E-state index contributed by atoms with van der Waals surface area (Å²) in [4.78, 5) is 40.5. The van der Waals surface area contributed by atoms with Crippen molar-refractivity contribution in [2.45, 2.75) is 26.0 Å². The molecule has 1 aliphatic rings.